The van der Waals surface area contributed by atoms with Gasteiger partial charge >= 0.3 is 6.03 Å². The smallest absolute Gasteiger partial charge is 0.317 e. The van der Waals surface area contributed by atoms with E-state index in [0.717, 1.165) is 25.7 Å². The average Bonchev–Trinajstić information content (AvgIpc) is 3.31. The van der Waals surface area contributed by atoms with Gasteiger partial charge in [-0.25, -0.2) is 13.2 Å². The molecule has 4 rings (SSSR count). The number of aliphatic hydroxyl groups is 1. The highest BCUT2D eigenvalue weighted by atomic mass is 32.2. The van der Waals surface area contributed by atoms with E-state index in [1.807, 2.05) is 6.92 Å². The highest BCUT2D eigenvalue weighted by Gasteiger charge is 2.33. The van der Waals surface area contributed by atoms with Crippen LogP contribution >= 0.6 is 0 Å². The van der Waals surface area contributed by atoms with Gasteiger partial charge in [0.25, 0.3) is 10.0 Å². The van der Waals surface area contributed by atoms with Gasteiger partial charge in [-0.3, -0.25) is 9.52 Å². The number of hydrogen-bond acceptors (Lipinski definition) is 8. The van der Waals surface area contributed by atoms with E-state index in [2.05, 4.69) is 15.2 Å². The number of nitrogens with one attached hydrogen (secondary N) is 2. The third-order valence-electron chi connectivity index (χ3n) is 8.14. The van der Waals surface area contributed by atoms with Crippen molar-refractivity contribution in [1.29, 1.82) is 0 Å². The molecule has 1 aromatic carbocycles. The van der Waals surface area contributed by atoms with Gasteiger partial charge in [-0.05, 0) is 51.8 Å². The van der Waals surface area contributed by atoms with Gasteiger partial charge in [0.1, 0.15) is 17.5 Å². The number of hydrogen-bond donors (Lipinski definition) is 3. The summed E-state index contributed by atoms with van der Waals surface area (Å²) in [6, 6.07) is 4.36. The van der Waals surface area contributed by atoms with Gasteiger partial charge < -0.3 is 29.5 Å². The first kappa shape index (κ1) is 31.6. The summed E-state index contributed by atoms with van der Waals surface area (Å²) in [5, 5.41) is 16.8. The molecule has 3 amide bonds. The molecule has 1 aliphatic carbocycles. The molecule has 1 fully saturated rings. The van der Waals surface area contributed by atoms with Gasteiger partial charge in [0.05, 0.1) is 25.6 Å². The fourth-order valence-corrected chi connectivity index (χ4v) is 7.04. The number of benzene rings is 1. The van der Waals surface area contributed by atoms with E-state index in [9.17, 15) is 23.1 Å². The zero-order valence-corrected chi connectivity index (χ0v) is 25.9. The molecule has 12 nitrogen and oxygen atoms in total. The van der Waals surface area contributed by atoms with E-state index in [-0.39, 0.29) is 65.5 Å². The van der Waals surface area contributed by atoms with Crippen LogP contribution in [-0.4, -0.2) is 85.4 Å². The van der Waals surface area contributed by atoms with E-state index >= 15 is 0 Å². The largest absolute Gasteiger partial charge is 0.488 e. The molecule has 2 aromatic rings. The molecular weight excluding hydrogens is 562 g/mol. The summed E-state index contributed by atoms with van der Waals surface area (Å²) >= 11 is 0. The Kier molecular flexibility index (Phi) is 10.0. The Labute approximate surface area is 247 Å². The number of aromatic nitrogens is 1. The zero-order valence-electron chi connectivity index (χ0n) is 25.1. The third-order valence-corrected chi connectivity index (χ3v) is 9.76. The van der Waals surface area contributed by atoms with Crippen LogP contribution in [0.25, 0.3) is 0 Å². The van der Waals surface area contributed by atoms with E-state index in [4.69, 9.17) is 9.26 Å². The first-order valence-corrected chi connectivity index (χ1v) is 16.0. The summed E-state index contributed by atoms with van der Waals surface area (Å²) in [4.78, 5) is 29.7. The van der Waals surface area contributed by atoms with Crippen LogP contribution in [0.3, 0.4) is 0 Å². The minimum Gasteiger partial charge on any atom is -0.488 e. The van der Waals surface area contributed by atoms with Gasteiger partial charge in [0.2, 0.25) is 5.91 Å². The van der Waals surface area contributed by atoms with E-state index in [0.29, 0.717) is 17.9 Å². The Hall–Kier alpha value is -3.32. The summed E-state index contributed by atoms with van der Waals surface area (Å²) in [6.07, 6.45) is 4.82. The second-order valence-corrected chi connectivity index (χ2v) is 13.3. The van der Waals surface area contributed by atoms with Gasteiger partial charge in [0.15, 0.2) is 10.7 Å². The lowest BCUT2D eigenvalue weighted by molar-refractivity contribution is -0.134. The number of urea groups is 1. The van der Waals surface area contributed by atoms with Crippen LogP contribution in [0.15, 0.2) is 27.6 Å². The molecule has 3 atom stereocenters. The number of carbonyl (C=O) groups excluding carboxylic acids is 2. The van der Waals surface area contributed by atoms with Crippen molar-refractivity contribution in [3.05, 3.63) is 35.2 Å². The van der Waals surface area contributed by atoms with Crippen LogP contribution in [0.1, 0.15) is 63.0 Å². The summed E-state index contributed by atoms with van der Waals surface area (Å²) in [5.74, 6) is 0.197. The SMILES string of the molecule is Cc1noc(C)c1S(=O)(=O)Nc1ccc2c(c1)CC(=O)N([C@H](C)CO)C[C@H](C)[C@@H](CN(C)C(=O)NC1CCCCC1)O2. The number of carbonyl (C=O) groups is 2. The molecule has 0 saturated heterocycles. The Morgan fingerprint density at radius 1 is 1.24 bits per heavy atom. The minimum atomic E-state index is -4.01. The average molecular weight is 606 g/mol. The van der Waals surface area contributed by atoms with Gasteiger partial charge in [-0.1, -0.05) is 31.3 Å². The quantitative estimate of drug-likeness (QED) is 0.415. The standard InChI is InChI=1S/C29H43N5O7S/c1-18-15-34(19(2)17-35)27(36)14-22-13-24(32-42(38,39)28-20(3)31-41-21(28)4)11-12-25(22)40-26(18)16-33(5)29(37)30-23-9-7-6-8-10-23/h11-13,18-19,23,26,32,35H,6-10,14-17H2,1-5H3,(H,30,37)/t18-,19+,26+/m0/s1. The first-order valence-electron chi connectivity index (χ1n) is 14.6. The lowest BCUT2D eigenvalue weighted by Crippen LogP contribution is -2.50. The van der Waals surface area contributed by atoms with Gasteiger partial charge in [-0.15, -0.1) is 0 Å². The van der Waals surface area contributed by atoms with Crippen LogP contribution in [0, 0.1) is 19.8 Å². The maximum absolute atomic E-state index is 13.5. The Balaban J connectivity index is 1.61. The molecule has 0 spiro atoms. The molecular formula is C29H43N5O7S. The molecule has 2 heterocycles. The fraction of sp³-hybridized carbons (Fsp3) is 0.621. The summed E-state index contributed by atoms with van der Waals surface area (Å²) in [7, 11) is -2.28. The Bertz CT molecular complexity index is 1350. The van der Waals surface area contributed by atoms with Crippen molar-refractivity contribution >= 4 is 27.6 Å². The third kappa shape index (κ3) is 7.35. The monoisotopic (exact) mass is 605 g/mol. The second kappa shape index (κ2) is 13.3. The maximum Gasteiger partial charge on any atom is 0.317 e. The maximum atomic E-state index is 13.5. The number of aliphatic hydroxyl groups excluding tert-OH is 1. The number of ether oxygens (including phenoxy) is 1. The van der Waals surface area contributed by atoms with Crippen molar-refractivity contribution in [2.75, 3.05) is 31.5 Å². The molecule has 1 saturated carbocycles. The molecule has 0 radical (unpaired) electrons. The normalized spacial score (nSPS) is 20.9. The van der Waals surface area contributed by atoms with Crippen molar-refractivity contribution < 1.29 is 32.4 Å². The van der Waals surface area contributed by atoms with Crippen molar-refractivity contribution in [3.8, 4) is 5.75 Å². The van der Waals surface area contributed by atoms with Gasteiger partial charge in [0, 0.05) is 36.8 Å². The van der Waals surface area contributed by atoms with Crippen molar-refractivity contribution in [1.82, 2.24) is 20.3 Å². The van der Waals surface area contributed by atoms with Crippen LogP contribution in [0.5, 0.6) is 5.75 Å². The second-order valence-electron chi connectivity index (χ2n) is 11.6. The van der Waals surface area contributed by atoms with Crippen LogP contribution in [0.4, 0.5) is 10.5 Å². The lowest BCUT2D eigenvalue weighted by atomic mass is 9.96. The predicted octanol–water partition coefficient (Wildman–Crippen LogP) is 3.22. The van der Waals surface area contributed by atoms with Gasteiger partial charge in [-0.2, -0.15) is 0 Å². The van der Waals surface area contributed by atoms with Crippen LogP contribution in [-0.2, 0) is 21.2 Å². The Morgan fingerprint density at radius 3 is 2.60 bits per heavy atom. The predicted molar refractivity (Wildman–Crippen MR) is 157 cm³/mol. The molecule has 13 heteroatoms. The number of fused-ring (bicyclic) bond motifs is 1. The van der Waals surface area contributed by atoms with Crippen molar-refractivity contribution in [2.45, 2.75) is 89.3 Å². The number of anilines is 1. The number of aryl methyl sites for hydroxylation is 2. The molecule has 3 N–H and O–H groups in total. The molecule has 232 valence electrons. The van der Waals surface area contributed by atoms with Crippen molar-refractivity contribution in [2.24, 2.45) is 5.92 Å². The number of amides is 3. The summed E-state index contributed by atoms with van der Waals surface area (Å²) in [5.41, 5.74) is 0.977. The number of sulfonamides is 1. The zero-order chi connectivity index (χ0) is 30.6. The number of likely N-dealkylation sites (N-methyl/N-ethyl adjacent to an activating group) is 1. The van der Waals surface area contributed by atoms with Crippen LogP contribution < -0.4 is 14.8 Å². The van der Waals surface area contributed by atoms with Crippen LogP contribution in [0.2, 0.25) is 0 Å². The Morgan fingerprint density at radius 2 is 1.95 bits per heavy atom. The molecule has 1 aliphatic heterocycles. The highest BCUT2D eigenvalue weighted by Crippen LogP contribution is 2.31. The number of nitrogens with zero attached hydrogens (tertiary/aromatic N) is 3. The van der Waals surface area contributed by atoms with Crippen molar-refractivity contribution in [3.63, 3.8) is 0 Å². The first-order chi connectivity index (χ1) is 19.9. The van der Waals surface area contributed by atoms with E-state index in [1.165, 1.54) is 13.3 Å². The highest BCUT2D eigenvalue weighted by molar-refractivity contribution is 7.92. The van der Waals surface area contributed by atoms with E-state index in [1.54, 1.807) is 48.9 Å². The topological polar surface area (TPSA) is 154 Å². The summed E-state index contributed by atoms with van der Waals surface area (Å²) < 4.78 is 40.3. The molecule has 0 bridgehead atoms. The minimum absolute atomic E-state index is 0.0373. The molecule has 42 heavy (non-hydrogen) atoms. The van der Waals surface area contributed by atoms with E-state index < -0.39 is 22.2 Å². The molecule has 0 unspecified atom stereocenters. The molecule has 2 aliphatic rings. The summed E-state index contributed by atoms with van der Waals surface area (Å²) in [6.45, 7) is 7.19. The fourth-order valence-electron chi connectivity index (χ4n) is 5.66. The molecule has 1 aromatic heterocycles. The lowest BCUT2D eigenvalue weighted by Gasteiger charge is -2.34. The number of rotatable bonds is 8.